The van der Waals surface area contributed by atoms with Crippen LogP contribution in [0.5, 0.6) is 0 Å². The Kier molecular flexibility index (Phi) is 8.49. The number of aryl methyl sites for hydroxylation is 1. The molecule has 10 nitrogen and oxygen atoms in total. The van der Waals surface area contributed by atoms with Gasteiger partial charge in [-0.05, 0) is 19.3 Å². The predicted molar refractivity (Wildman–Crippen MR) is 119 cm³/mol. The number of piperazine rings is 1. The van der Waals surface area contributed by atoms with E-state index in [2.05, 4.69) is 16.8 Å². The Morgan fingerprint density at radius 2 is 2.00 bits per heavy atom. The van der Waals surface area contributed by atoms with E-state index in [1.165, 1.54) is 0 Å². The number of imidazole rings is 1. The van der Waals surface area contributed by atoms with E-state index in [4.69, 9.17) is 0 Å². The van der Waals surface area contributed by atoms with Crippen molar-refractivity contribution in [3.63, 3.8) is 0 Å². The first-order chi connectivity index (χ1) is 15.5. The minimum Gasteiger partial charge on any atom is -0.339 e. The average Bonchev–Trinajstić information content (AvgIpc) is 3.46. The highest BCUT2D eigenvalue weighted by Gasteiger charge is 2.39. The molecule has 2 aliphatic heterocycles. The van der Waals surface area contributed by atoms with Crippen LogP contribution in [-0.4, -0.2) is 93.2 Å². The van der Waals surface area contributed by atoms with E-state index in [0.717, 1.165) is 31.6 Å². The topological polar surface area (TPSA) is 102 Å². The Morgan fingerprint density at radius 1 is 1.25 bits per heavy atom. The molecular formula is C22H36N6O4. The van der Waals surface area contributed by atoms with Gasteiger partial charge in [0.05, 0.1) is 12.5 Å². The number of likely N-dealkylation sites (tertiary alicyclic amines) is 1. The van der Waals surface area contributed by atoms with Gasteiger partial charge in [0.15, 0.2) is 0 Å². The largest absolute Gasteiger partial charge is 0.339 e. The molecule has 2 saturated heterocycles. The third-order valence-corrected chi connectivity index (χ3v) is 6.53. The molecule has 178 valence electrons. The van der Waals surface area contributed by atoms with E-state index in [0.29, 0.717) is 57.0 Å². The lowest BCUT2D eigenvalue weighted by Gasteiger charge is -2.38. The molecule has 2 aliphatic rings. The summed E-state index contributed by atoms with van der Waals surface area (Å²) in [7, 11) is 1.96. The molecule has 1 aromatic rings. The molecule has 3 heterocycles. The molecule has 2 fully saturated rings. The van der Waals surface area contributed by atoms with Crippen molar-refractivity contribution in [1.29, 1.82) is 0 Å². The zero-order valence-corrected chi connectivity index (χ0v) is 19.2. The number of hydrogen-bond donors (Lipinski definition) is 1. The molecule has 0 radical (unpaired) electrons. The maximum Gasteiger partial charge on any atom is 0.245 e. The van der Waals surface area contributed by atoms with Gasteiger partial charge in [-0.25, -0.2) is 10.0 Å². The van der Waals surface area contributed by atoms with Crippen LogP contribution >= 0.6 is 0 Å². The van der Waals surface area contributed by atoms with Gasteiger partial charge in [0.1, 0.15) is 6.04 Å². The Morgan fingerprint density at radius 3 is 2.62 bits per heavy atom. The SMILES string of the molecule is CCCCC[C@H](CN(O)C=O)C(=O)N1CCC[C@H]1C(=O)N1CCN(c2nccn2C)CC1. The Hall–Kier alpha value is -2.62. The number of unbranched alkanes of at least 4 members (excludes halogenated alkanes) is 2. The first kappa shape index (κ1) is 24.0. The number of carbonyl (C=O) groups is 3. The minimum absolute atomic E-state index is 0.00103. The number of hydroxylamine groups is 2. The van der Waals surface area contributed by atoms with E-state index in [-0.39, 0.29) is 18.4 Å². The van der Waals surface area contributed by atoms with Gasteiger partial charge in [-0.3, -0.25) is 19.6 Å². The van der Waals surface area contributed by atoms with Crippen LogP contribution in [0.3, 0.4) is 0 Å². The third kappa shape index (κ3) is 5.59. The second-order valence-electron chi connectivity index (χ2n) is 8.76. The van der Waals surface area contributed by atoms with Gasteiger partial charge < -0.3 is 19.3 Å². The van der Waals surface area contributed by atoms with Gasteiger partial charge in [-0.2, -0.15) is 0 Å². The summed E-state index contributed by atoms with van der Waals surface area (Å²) in [5.74, 6) is 0.266. The highest BCUT2D eigenvalue weighted by molar-refractivity contribution is 5.89. The highest BCUT2D eigenvalue weighted by Crippen LogP contribution is 2.25. The fourth-order valence-corrected chi connectivity index (χ4v) is 4.72. The van der Waals surface area contributed by atoms with Gasteiger partial charge in [0, 0.05) is 52.2 Å². The summed E-state index contributed by atoms with van der Waals surface area (Å²) in [6.07, 6.45) is 8.89. The number of nitrogens with zero attached hydrogens (tertiary/aromatic N) is 6. The molecule has 1 aromatic heterocycles. The van der Waals surface area contributed by atoms with Gasteiger partial charge in [0.2, 0.25) is 24.2 Å². The molecule has 10 heteroatoms. The number of hydrogen-bond acceptors (Lipinski definition) is 6. The summed E-state index contributed by atoms with van der Waals surface area (Å²) in [6.45, 7) is 5.19. The molecule has 0 spiro atoms. The Bertz CT molecular complexity index is 776. The number of aromatic nitrogens is 2. The van der Waals surface area contributed by atoms with E-state index < -0.39 is 12.0 Å². The number of carbonyl (C=O) groups excluding carboxylic acids is 3. The van der Waals surface area contributed by atoms with E-state index >= 15 is 0 Å². The van der Waals surface area contributed by atoms with Crippen molar-refractivity contribution in [2.45, 2.75) is 51.5 Å². The van der Waals surface area contributed by atoms with Crippen molar-refractivity contribution < 1.29 is 19.6 Å². The summed E-state index contributed by atoms with van der Waals surface area (Å²) in [6, 6.07) is -0.459. The smallest absolute Gasteiger partial charge is 0.245 e. The molecule has 0 aromatic carbocycles. The van der Waals surface area contributed by atoms with Crippen LogP contribution in [0.1, 0.15) is 45.4 Å². The number of amides is 3. The van der Waals surface area contributed by atoms with Crippen LogP contribution in [0, 0.1) is 5.92 Å². The van der Waals surface area contributed by atoms with Crippen LogP contribution in [0.4, 0.5) is 5.95 Å². The standard InChI is InChI=1S/C22H36N6O4/c1-3-4-5-7-18(16-27(32)17-29)20(30)28-10-6-8-19(28)21(31)25-12-14-26(15-13-25)22-23-9-11-24(22)2/h9,11,17-19,32H,3-8,10,12-16H2,1-2H3/t18-,19+/m1/s1. The summed E-state index contributed by atoms with van der Waals surface area (Å²) in [5.41, 5.74) is 0. The monoisotopic (exact) mass is 448 g/mol. The maximum absolute atomic E-state index is 13.3. The molecule has 3 rings (SSSR count). The van der Waals surface area contributed by atoms with Crippen molar-refractivity contribution in [2.75, 3.05) is 44.2 Å². The molecular weight excluding hydrogens is 412 g/mol. The van der Waals surface area contributed by atoms with Crippen LogP contribution in [0.15, 0.2) is 12.4 Å². The van der Waals surface area contributed by atoms with E-state index in [9.17, 15) is 19.6 Å². The minimum atomic E-state index is -0.495. The maximum atomic E-state index is 13.3. The fraction of sp³-hybridized carbons (Fsp3) is 0.727. The van der Waals surface area contributed by atoms with E-state index in [1.807, 2.05) is 22.7 Å². The van der Waals surface area contributed by atoms with Crippen molar-refractivity contribution in [3.8, 4) is 0 Å². The normalized spacial score (nSPS) is 19.8. The molecule has 0 bridgehead atoms. The quantitative estimate of drug-likeness (QED) is 0.249. The lowest BCUT2D eigenvalue weighted by molar-refractivity contribution is -0.158. The van der Waals surface area contributed by atoms with Crippen molar-refractivity contribution in [3.05, 3.63) is 12.4 Å². The van der Waals surface area contributed by atoms with E-state index in [1.54, 1.807) is 11.1 Å². The van der Waals surface area contributed by atoms with Crippen molar-refractivity contribution >= 4 is 24.2 Å². The number of rotatable bonds is 10. The molecule has 3 amide bonds. The fourth-order valence-electron chi connectivity index (χ4n) is 4.72. The van der Waals surface area contributed by atoms with Crippen LogP contribution in [-0.2, 0) is 21.4 Å². The average molecular weight is 449 g/mol. The van der Waals surface area contributed by atoms with Gasteiger partial charge >= 0.3 is 0 Å². The second kappa shape index (κ2) is 11.3. The van der Waals surface area contributed by atoms with Crippen molar-refractivity contribution in [1.82, 2.24) is 24.4 Å². The highest BCUT2D eigenvalue weighted by atomic mass is 16.5. The van der Waals surface area contributed by atoms with Crippen molar-refractivity contribution in [2.24, 2.45) is 13.0 Å². The summed E-state index contributed by atoms with van der Waals surface area (Å²) >= 11 is 0. The molecule has 0 saturated carbocycles. The predicted octanol–water partition coefficient (Wildman–Crippen LogP) is 1.10. The van der Waals surface area contributed by atoms with Crippen LogP contribution in [0.2, 0.25) is 0 Å². The Labute approximate surface area is 189 Å². The molecule has 0 aliphatic carbocycles. The molecule has 32 heavy (non-hydrogen) atoms. The third-order valence-electron chi connectivity index (χ3n) is 6.53. The zero-order valence-electron chi connectivity index (χ0n) is 19.2. The number of anilines is 1. The summed E-state index contributed by atoms with van der Waals surface area (Å²) in [5, 5.41) is 10.2. The van der Waals surface area contributed by atoms with Gasteiger partial charge in [0.25, 0.3) is 0 Å². The zero-order chi connectivity index (χ0) is 23.1. The van der Waals surface area contributed by atoms with Crippen LogP contribution in [0.25, 0.3) is 0 Å². The first-order valence-electron chi connectivity index (χ1n) is 11.7. The second-order valence-corrected chi connectivity index (χ2v) is 8.76. The van der Waals surface area contributed by atoms with Gasteiger partial charge in [-0.1, -0.05) is 26.2 Å². The van der Waals surface area contributed by atoms with Gasteiger partial charge in [-0.15, -0.1) is 0 Å². The summed E-state index contributed by atoms with van der Waals surface area (Å²) < 4.78 is 1.97. The van der Waals surface area contributed by atoms with Crippen LogP contribution < -0.4 is 4.90 Å². The molecule has 0 unspecified atom stereocenters. The molecule has 1 N–H and O–H groups in total. The lowest BCUT2D eigenvalue weighted by atomic mass is 9.98. The first-order valence-corrected chi connectivity index (χ1v) is 11.7. The summed E-state index contributed by atoms with van der Waals surface area (Å²) in [4.78, 5) is 47.6. The molecule has 2 atom stereocenters. The lowest BCUT2D eigenvalue weighted by Crippen LogP contribution is -2.55. The Balaban J connectivity index is 1.61.